The summed E-state index contributed by atoms with van der Waals surface area (Å²) in [6.07, 6.45) is 41.9. The zero-order chi connectivity index (χ0) is 34.0. The monoisotopic (exact) mass is 670 g/mol. The minimum Gasteiger partial charge on any atom is -0.387 e. The van der Waals surface area contributed by atoms with Gasteiger partial charge in [-0.2, -0.15) is 8.42 Å². The van der Waals surface area contributed by atoms with E-state index in [0.29, 0.717) is 12.8 Å². The van der Waals surface area contributed by atoms with Gasteiger partial charge in [0.15, 0.2) is 0 Å². The first-order valence-electron chi connectivity index (χ1n) is 19.5. The molecule has 0 aromatic carbocycles. The summed E-state index contributed by atoms with van der Waals surface area (Å²) in [6, 6.07) is -1.07. The molecule has 6 nitrogen and oxygen atoms in total. The highest BCUT2D eigenvalue weighted by molar-refractivity contribution is 7.85. The van der Waals surface area contributed by atoms with E-state index in [4.69, 9.17) is 0 Å². The minimum absolute atomic E-state index is 0.288. The standard InChI is InChI=1S/C39H75NO5S/c1-3-5-7-9-11-13-14-15-16-17-18-19-20-21-22-23-24-25-27-29-31-33-35-39(42)40-37(36-46(43,44)45)38(41)34-32-30-28-26-12-10-8-6-4-2/h12,26,32,34,37-38,41H,3-11,13-25,27-31,33,35-36H2,1-2H3,(H,40,42)(H,43,44,45)/b26-12+,34-32+. The second-order valence-electron chi connectivity index (χ2n) is 13.6. The fraction of sp³-hybridized carbons (Fsp3) is 0.872. The predicted octanol–water partition coefficient (Wildman–Crippen LogP) is 11.2. The van der Waals surface area contributed by atoms with Gasteiger partial charge in [0, 0.05) is 6.42 Å². The molecule has 0 fully saturated rings. The van der Waals surface area contributed by atoms with Gasteiger partial charge >= 0.3 is 0 Å². The molecule has 0 rings (SSSR count). The lowest BCUT2D eigenvalue weighted by molar-refractivity contribution is -0.122. The lowest BCUT2D eigenvalue weighted by Crippen LogP contribution is -2.46. The lowest BCUT2D eigenvalue weighted by atomic mass is 10.0. The predicted molar refractivity (Wildman–Crippen MR) is 198 cm³/mol. The van der Waals surface area contributed by atoms with Gasteiger partial charge in [0.2, 0.25) is 5.91 Å². The van der Waals surface area contributed by atoms with Crippen molar-refractivity contribution in [3.8, 4) is 0 Å². The number of unbranched alkanes of at least 4 members (excludes halogenated alkanes) is 25. The molecule has 0 aliphatic heterocycles. The molecule has 2 unspecified atom stereocenters. The van der Waals surface area contributed by atoms with Gasteiger partial charge in [-0.15, -0.1) is 0 Å². The van der Waals surface area contributed by atoms with Crippen molar-refractivity contribution >= 4 is 16.0 Å². The number of carbonyl (C=O) groups excluding carboxylic acids is 1. The van der Waals surface area contributed by atoms with Gasteiger partial charge in [-0.25, -0.2) is 0 Å². The molecule has 0 heterocycles. The molecule has 0 bridgehead atoms. The summed E-state index contributed by atoms with van der Waals surface area (Å²) in [7, 11) is -4.34. The largest absolute Gasteiger partial charge is 0.387 e. The number of hydrogen-bond donors (Lipinski definition) is 3. The molecule has 272 valence electrons. The van der Waals surface area contributed by atoms with E-state index in [1.165, 1.54) is 147 Å². The molecule has 0 radical (unpaired) electrons. The molecule has 0 saturated carbocycles. The van der Waals surface area contributed by atoms with Crippen molar-refractivity contribution in [3.63, 3.8) is 0 Å². The second kappa shape index (κ2) is 33.7. The Labute approximate surface area is 285 Å². The van der Waals surface area contributed by atoms with E-state index in [1.807, 2.05) is 0 Å². The Morgan fingerprint density at radius 1 is 0.565 bits per heavy atom. The van der Waals surface area contributed by atoms with Crippen LogP contribution in [-0.2, 0) is 14.9 Å². The molecule has 2 atom stereocenters. The summed E-state index contributed by atoms with van der Waals surface area (Å²) in [5.74, 6) is -0.995. The Hall–Kier alpha value is -1.18. The van der Waals surface area contributed by atoms with E-state index in [-0.39, 0.29) is 5.91 Å². The third-order valence-electron chi connectivity index (χ3n) is 8.88. The summed E-state index contributed by atoms with van der Waals surface area (Å²) < 4.78 is 32.3. The van der Waals surface area contributed by atoms with E-state index in [1.54, 1.807) is 6.08 Å². The Morgan fingerprint density at radius 2 is 0.935 bits per heavy atom. The molecule has 7 heteroatoms. The summed E-state index contributed by atoms with van der Waals surface area (Å²) in [5.41, 5.74) is 0. The maximum atomic E-state index is 12.4. The van der Waals surface area contributed by atoms with Crippen LogP contribution < -0.4 is 5.32 Å². The Bertz CT molecular complexity index is 826. The number of carbonyl (C=O) groups is 1. The highest BCUT2D eigenvalue weighted by Gasteiger charge is 2.24. The number of allylic oxidation sites excluding steroid dienone is 3. The zero-order valence-electron chi connectivity index (χ0n) is 30.2. The van der Waals surface area contributed by atoms with Gasteiger partial charge in [0.05, 0.1) is 17.9 Å². The normalized spacial score (nSPS) is 13.6. The fourth-order valence-electron chi connectivity index (χ4n) is 5.94. The van der Waals surface area contributed by atoms with Crippen LogP contribution in [0.4, 0.5) is 0 Å². The van der Waals surface area contributed by atoms with Crippen molar-refractivity contribution in [3.05, 3.63) is 24.3 Å². The number of amides is 1. The number of nitrogens with one attached hydrogen (secondary N) is 1. The van der Waals surface area contributed by atoms with Crippen LogP contribution in [0.5, 0.6) is 0 Å². The molecule has 0 aliphatic rings. The Kier molecular flexibility index (Phi) is 32.8. The first-order valence-corrected chi connectivity index (χ1v) is 21.1. The highest BCUT2D eigenvalue weighted by atomic mass is 32.2. The van der Waals surface area contributed by atoms with Crippen LogP contribution in [0.1, 0.15) is 200 Å². The van der Waals surface area contributed by atoms with E-state index < -0.39 is 28.0 Å². The smallest absolute Gasteiger partial charge is 0.267 e. The van der Waals surface area contributed by atoms with Gasteiger partial charge < -0.3 is 10.4 Å². The minimum atomic E-state index is -4.34. The first-order chi connectivity index (χ1) is 22.3. The van der Waals surface area contributed by atoms with Crippen molar-refractivity contribution in [2.45, 2.75) is 212 Å². The van der Waals surface area contributed by atoms with Crippen molar-refractivity contribution in [1.29, 1.82) is 0 Å². The van der Waals surface area contributed by atoms with Crippen LogP contribution in [0.2, 0.25) is 0 Å². The molecule has 0 aromatic heterocycles. The average molecular weight is 670 g/mol. The maximum absolute atomic E-state index is 12.4. The van der Waals surface area contributed by atoms with E-state index in [2.05, 4.69) is 31.3 Å². The van der Waals surface area contributed by atoms with Crippen molar-refractivity contribution in [2.75, 3.05) is 5.75 Å². The molecule has 0 aliphatic carbocycles. The summed E-state index contributed by atoms with van der Waals surface area (Å²) in [5, 5.41) is 13.1. The van der Waals surface area contributed by atoms with Crippen molar-refractivity contribution < 1.29 is 22.9 Å². The van der Waals surface area contributed by atoms with Gasteiger partial charge in [0.25, 0.3) is 10.1 Å². The zero-order valence-corrected chi connectivity index (χ0v) is 31.0. The SMILES string of the molecule is CCCCC/C=C/CC/C=C/C(O)C(CS(=O)(=O)O)NC(=O)CCCCCCCCCCCCCCCCCCCCCCCC. The molecule has 3 N–H and O–H groups in total. The maximum Gasteiger partial charge on any atom is 0.267 e. The van der Waals surface area contributed by atoms with Crippen LogP contribution in [-0.4, -0.2) is 41.9 Å². The van der Waals surface area contributed by atoms with Gasteiger partial charge in [-0.1, -0.05) is 186 Å². The number of hydrogen-bond acceptors (Lipinski definition) is 4. The van der Waals surface area contributed by atoms with Crippen molar-refractivity contribution in [1.82, 2.24) is 5.32 Å². The third-order valence-corrected chi connectivity index (χ3v) is 9.66. The number of aliphatic hydroxyl groups excluding tert-OH is 1. The quantitative estimate of drug-likeness (QED) is 0.0354. The van der Waals surface area contributed by atoms with Gasteiger partial charge in [-0.05, 0) is 32.1 Å². The van der Waals surface area contributed by atoms with Crippen LogP contribution in [0.25, 0.3) is 0 Å². The highest BCUT2D eigenvalue weighted by Crippen LogP contribution is 2.15. The first kappa shape index (κ1) is 44.8. The molecule has 1 amide bonds. The molecule has 0 aromatic rings. The third kappa shape index (κ3) is 34.2. The number of rotatable bonds is 35. The lowest BCUT2D eigenvalue weighted by Gasteiger charge is -2.21. The summed E-state index contributed by atoms with van der Waals surface area (Å²) in [6.45, 7) is 4.46. The van der Waals surface area contributed by atoms with Crippen LogP contribution >= 0.6 is 0 Å². The van der Waals surface area contributed by atoms with Crippen LogP contribution in [0, 0.1) is 0 Å². The van der Waals surface area contributed by atoms with Crippen molar-refractivity contribution in [2.24, 2.45) is 0 Å². The van der Waals surface area contributed by atoms with Crippen LogP contribution in [0.15, 0.2) is 24.3 Å². The van der Waals surface area contributed by atoms with Gasteiger partial charge in [0.1, 0.15) is 0 Å². The average Bonchev–Trinajstić information content (AvgIpc) is 3.01. The molecular formula is C39H75NO5S. The molecule has 0 saturated heterocycles. The molecular weight excluding hydrogens is 594 g/mol. The molecule has 0 spiro atoms. The van der Waals surface area contributed by atoms with E-state index in [0.717, 1.165) is 32.1 Å². The second-order valence-corrected chi connectivity index (χ2v) is 15.1. The van der Waals surface area contributed by atoms with E-state index in [9.17, 15) is 22.9 Å². The number of aliphatic hydroxyl groups is 1. The molecule has 46 heavy (non-hydrogen) atoms. The Balaban J connectivity index is 3.78. The topological polar surface area (TPSA) is 104 Å². The van der Waals surface area contributed by atoms with E-state index >= 15 is 0 Å². The van der Waals surface area contributed by atoms with Gasteiger partial charge in [-0.3, -0.25) is 9.35 Å². The fourth-order valence-corrected chi connectivity index (χ4v) is 6.67. The summed E-state index contributed by atoms with van der Waals surface area (Å²) >= 11 is 0. The van der Waals surface area contributed by atoms with Crippen LogP contribution in [0.3, 0.4) is 0 Å². The Morgan fingerprint density at radius 3 is 1.37 bits per heavy atom. The summed E-state index contributed by atoms with van der Waals surface area (Å²) in [4.78, 5) is 12.4.